The topological polar surface area (TPSA) is 33.1 Å². The summed E-state index contributed by atoms with van der Waals surface area (Å²) in [6, 6.07) is 49.5. The molecule has 2 heterocycles. The summed E-state index contributed by atoms with van der Waals surface area (Å²) in [7, 11) is 0. The molecule has 2 unspecified atom stereocenters. The molecule has 0 bridgehead atoms. The van der Waals surface area contributed by atoms with Crippen molar-refractivity contribution in [2.75, 3.05) is 6.66 Å². The molecule has 0 aliphatic heterocycles. The van der Waals surface area contributed by atoms with Crippen LogP contribution in [0.25, 0.3) is 64.2 Å². The molecule has 0 amide bonds. The van der Waals surface area contributed by atoms with Crippen molar-refractivity contribution in [3.63, 3.8) is 0 Å². The van der Waals surface area contributed by atoms with Gasteiger partial charge < -0.3 is 0 Å². The Morgan fingerprint density at radius 1 is 0.612 bits per heavy atom. The number of hydrogen-bond acceptors (Lipinski definition) is 3. The van der Waals surface area contributed by atoms with Gasteiger partial charge in [-0.1, -0.05) is 36.4 Å². The fourth-order valence-corrected chi connectivity index (χ4v) is 13.9. The molecule has 4 heteroatoms. The molecule has 9 rings (SSSR count). The zero-order valence-corrected chi connectivity index (χ0v) is 29.2. The Hall–Kier alpha value is -4.92. The van der Waals surface area contributed by atoms with Crippen LogP contribution in [0.4, 0.5) is 0 Å². The number of thiophene rings is 1. The molecule has 238 valence electrons. The maximum absolute atomic E-state index is 13.2. The molecule has 0 radical (unpaired) electrons. The summed E-state index contributed by atoms with van der Waals surface area (Å²) in [4.78, 5) is 18.6. The summed E-state index contributed by atoms with van der Waals surface area (Å²) in [6.07, 6.45) is 8.62. The molecule has 0 fully saturated rings. The van der Waals surface area contributed by atoms with Crippen LogP contribution in [0.1, 0.15) is 6.92 Å². The van der Waals surface area contributed by atoms with Crippen LogP contribution in [0, 0.1) is 5.92 Å². The Balaban J connectivity index is 1.18. The number of rotatable bonds is 5. The van der Waals surface area contributed by atoms with Crippen LogP contribution in [-0.4, -0.2) is 22.2 Å². The number of nitrogens with zero attached hydrogens (tertiary/aromatic N) is 1. The fraction of sp³-hybridized carbons (Fsp3) is 0.0889. The van der Waals surface area contributed by atoms with E-state index in [0.29, 0.717) is 0 Å². The third-order valence-corrected chi connectivity index (χ3v) is 17.1. The molecular weight excluding hydrogens is 634 g/mol. The van der Waals surface area contributed by atoms with Crippen molar-refractivity contribution in [2.45, 2.75) is 12.6 Å². The first-order valence-corrected chi connectivity index (χ1v) is 20.4. The summed E-state index contributed by atoms with van der Waals surface area (Å²) in [5.41, 5.74) is 5.32. The first-order valence-electron chi connectivity index (χ1n) is 16.9. The van der Waals surface area contributed by atoms with Crippen molar-refractivity contribution in [3.05, 3.63) is 164 Å². The molecule has 1 N–H and O–H groups in total. The Morgan fingerprint density at radius 3 is 2.08 bits per heavy atom. The quantitative estimate of drug-likeness (QED) is 0.146. The molecule has 2 nitrogen and oxygen atoms in total. The van der Waals surface area contributed by atoms with Crippen LogP contribution in [0.2, 0.25) is 0 Å². The van der Waals surface area contributed by atoms with Gasteiger partial charge >= 0.3 is 250 Å². The molecule has 0 saturated carbocycles. The van der Waals surface area contributed by atoms with Gasteiger partial charge in [0.1, 0.15) is 0 Å². The van der Waals surface area contributed by atoms with E-state index in [4.69, 9.17) is 4.98 Å². The van der Waals surface area contributed by atoms with E-state index in [2.05, 4.69) is 159 Å². The van der Waals surface area contributed by atoms with Gasteiger partial charge in [0, 0.05) is 0 Å². The number of hydrogen-bond donors (Lipinski definition) is 1. The second-order valence-corrected chi connectivity index (χ2v) is 19.5. The Kier molecular flexibility index (Phi) is 6.97. The second kappa shape index (κ2) is 11.3. The fourth-order valence-electron chi connectivity index (χ4n) is 8.01. The van der Waals surface area contributed by atoms with Crippen molar-refractivity contribution < 1.29 is 4.89 Å². The van der Waals surface area contributed by atoms with Gasteiger partial charge in [-0.3, -0.25) is 0 Å². The SMILES string of the molecule is CC1C=CC=CC1P(C)(O)(c1ccccc1)c1cccc(-c2ccc(-c3nc4cc5ccccc5cc4c4c3sc3ccccc34)cc2)c1. The van der Waals surface area contributed by atoms with E-state index in [0.717, 1.165) is 38.5 Å². The van der Waals surface area contributed by atoms with Crippen LogP contribution in [0.15, 0.2) is 164 Å². The van der Waals surface area contributed by atoms with E-state index in [1.165, 1.54) is 36.3 Å². The molecule has 0 spiro atoms. The zero-order chi connectivity index (χ0) is 33.2. The van der Waals surface area contributed by atoms with Crippen LogP contribution >= 0.6 is 18.2 Å². The van der Waals surface area contributed by atoms with Gasteiger partial charge in [0.2, 0.25) is 0 Å². The van der Waals surface area contributed by atoms with E-state index in [1.54, 1.807) is 0 Å². The average molecular weight is 670 g/mol. The first-order chi connectivity index (χ1) is 23.9. The minimum atomic E-state index is -3.65. The van der Waals surface area contributed by atoms with Crippen LogP contribution < -0.4 is 10.6 Å². The standard InChI is InChI=1S/C45H36NOPS/c1-30-13-6-10-21-41(30)48(2,47,36-17-4-3-5-18-36)37-19-12-16-33(27-37)31-23-25-32(26-24-31)44-45-43(38-20-9-11-22-42(38)49-45)39-28-34-14-7-8-15-35(34)29-40(39)46-44/h3-30,41,47H,1-2H3. The average Bonchev–Trinajstić information content (AvgIpc) is 3.54. The summed E-state index contributed by atoms with van der Waals surface area (Å²) in [6.45, 7) is 0.694. The van der Waals surface area contributed by atoms with Gasteiger partial charge in [-0.2, -0.15) is 0 Å². The molecule has 1 aliphatic carbocycles. The van der Waals surface area contributed by atoms with Crippen LogP contribution in [-0.2, 0) is 0 Å². The molecular formula is C45H36NOPS. The van der Waals surface area contributed by atoms with E-state index in [-0.39, 0.29) is 11.6 Å². The van der Waals surface area contributed by atoms with Crippen molar-refractivity contribution in [1.29, 1.82) is 0 Å². The van der Waals surface area contributed by atoms with Crippen LogP contribution in [0.3, 0.4) is 0 Å². The van der Waals surface area contributed by atoms with Gasteiger partial charge in [-0.25, -0.2) is 0 Å². The molecule has 2 aromatic heterocycles. The van der Waals surface area contributed by atoms with Gasteiger partial charge in [0.05, 0.1) is 0 Å². The van der Waals surface area contributed by atoms with Gasteiger partial charge in [0.25, 0.3) is 0 Å². The Bertz CT molecular complexity index is 2620. The monoisotopic (exact) mass is 669 g/mol. The normalized spacial score (nSPS) is 17.2. The molecule has 0 saturated heterocycles. The van der Waals surface area contributed by atoms with Crippen molar-refractivity contribution in [2.24, 2.45) is 5.92 Å². The van der Waals surface area contributed by atoms with Crippen molar-refractivity contribution >= 4 is 70.6 Å². The summed E-state index contributed by atoms with van der Waals surface area (Å²) < 4.78 is 2.49. The van der Waals surface area contributed by atoms with Crippen molar-refractivity contribution in [1.82, 2.24) is 4.98 Å². The Morgan fingerprint density at radius 2 is 1.29 bits per heavy atom. The number of benzene rings is 6. The number of allylic oxidation sites excluding steroid dienone is 4. The Labute approximate surface area is 290 Å². The second-order valence-electron chi connectivity index (χ2n) is 13.7. The predicted molar refractivity (Wildman–Crippen MR) is 215 cm³/mol. The summed E-state index contributed by atoms with van der Waals surface area (Å²) in [5, 5.41) is 8.21. The van der Waals surface area contributed by atoms with Crippen molar-refractivity contribution in [3.8, 4) is 22.4 Å². The van der Waals surface area contributed by atoms with E-state index in [1.807, 2.05) is 29.5 Å². The van der Waals surface area contributed by atoms with Gasteiger partial charge in [0.15, 0.2) is 0 Å². The van der Waals surface area contributed by atoms with Gasteiger partial charge in [-0.15, -0.1) is 0 Å². The molecule has 2 atom stereocenters. The maximum atomic E-state index is 13.2. The number of pyridine rings is 1. The third kappa shape index (κ3) is 4.72. The summed E-state index contributed by atoms with van der Waals surface area (Å²) in [5.74, 6) is 0.207. The summed E-state index contributed by atoms with van der Waals surface area (Å²) >= 11 is 1.82. The number of fused-ring (bicyclic) bond motifs is 6. The molecule has 49 heavy (non-hydrogen) atoms. The zero-order valence-electron chi connectivity index (χ0n) is 27.5. The van der Waals surface area contributed by atoms with Gasteiger partial charge in [-0.05, 0) is 5.39 Å². The van der Waals surface area contributed by atoms with E-state index < -0.39 is 6.83 Å². The third-order valence-electron chi connectivity index (χ3n) is 10.7. The molecule has 8 aromatic rings. The van der Waals surface area contributed by atoms with E-state index >= 15 is 0 Å². The number of aromatic nitrogens is 1. The van der Waals surface area contributed by atoms with Crippen LogP contribution in [0.5, 0.6) is 0 Å². The predicted octanol–water partition coefficient (Wildman–Crippen LogP) is 11.3. The first kappa shape index (κ1) is 30.2. The van der Waals surface area contributed by atoms with E-state index in [9.17, 15) is 4.89 Å². The molecule has 6 aromatic carbocycles. The minimum absolute atomic E-state index is 0.0177. The molecule has 1 aliphatic rings.